The number of benzene rings is 1. The third kappa shape index (κ3) is 9.51. The van der Waals surface area contributed by atoms with Crippen molar-refractivity contribution in [2.75, 3.05) is 6.54 Å². The fourth-order valence-corrected chi connectivity index (χ4v) is 6.64. The average Bonchev–Trinajstić information content (AvgIpc) is 2.92. The highest BCUT2D eigenvalue weighted by molar-refractivity contribution is 5.69. The molecule has 3 heteroatoms. The Morgan fingerprint density at radius 1 is 0.778 bits per heavy atom. The van der Waals surface area contributed by atoms with E-state index in [1.54, 1.807) is 0 Å². The van der Waals surface area contributed by atoms with Gasteiger partial charge in [0.25, 0.3) is 0 Å². The maximum atomic E-state index is 12.8. The minimum atomic E-state index is -0.0495. The molecule has 2 aliphatic rings. The molecule has 1 saturated carbocycles. The summed E-state index contributed by atoms with van der Waals surface area (Å²) in [5, 5.41) is 0. The van der Waals surface area contributed by atoms with Gasteiger partial charge in [0, 0.05) is 18.5 Å². The molecule has 1 unspecified atom stereocenters. The van der Waals surface area contributed by atoms with Crippen molar-refractivity contribution >= 4 is 5.97 Å². The number of hydrogen-bond acceptors (Lipinski definition) is 3. The number of esters is 1. The number of carbonyl (C=O) groups is 1. The van der Waals surface area contributed by atoms with Crippen molar-refractivity contribution in [3.05, 3.63) is 35.9 Å². The molecule has 204 valence electrons. The normalized spacial score (nSPS) is 20.3. The van der Waals surface area contributed by atoms with Gasteiger partial charge < -0.3 is 4.74 Å². The Balaban J connectivity index is 1.34. The van der Waals surface area contributed by atoms with Gasteiger partial charge in [0.05, 0.1) is 0 Å². The molecule has 1 aliphatic carbocycles. The predicted molar refractivity (Wildman–Crippen MR) is 152 cm³/mol. The first-order valence-electron chi connectivity index (χ1n) is 15.8. The largest absolute Gasteiger partial charge is 0.446 e. The summed E-state index contributed by atoms with van der Waals surface area (Å²) in [5.41, 5.74) is 1.46. The molecular formula is C33H55NO2. The number of rotatable bonds is 17. The number of ether oxygens (including phenoxy) is 1. The summed E-state index contributed by atoms with van der Waals surface area (Å²) < 4.78 is 6.20. The zero-order valence-electron chi connectivity index (χ0n) is 23.5. The lowest BCUT2D eigenvalue weighted by Gasteiger charge is -2.51. The van der Waals surface area contributed by atoms with Crippen LogP contribution in [0.3, 0.4) is 0 Å². The van der Waals surface area contributed by atoms with E-state index in [4.69, 9.17) is 4.74 Å². The lowest BCUT2D eigenvalue weighted by Crippen LogP contribution is -2.55. The number of carbonyl (C=O) groups excluding carboxylic acids is 1. The Kier molecular flexibility index (Phi) is 14.0. The van der Waals surface area contributed by atoms with Crippen molar-refractivity contribution in [3.8, 4) is 0 Å². The molecule has 1 aliphatic heterocycles. The molecule has 36 heavy (non-hydrogen) atoms. The summed E-state index contributed by atoms with van der Waals surface area (Å²) in [6.45, 7) is 3.33. The molecule has 0 radical (unpaired) electrons. The van der Waals surface area contributed by atoms with Crippen LogP contribution < -0.4 is 0 Å². The summed E-state index contributed by atoms with van der Waals surface area (Å²) in [4.78, 5) is 15.4. The van der Waals surface area contributed by atoms with Gasteiger partial charge in [-0.25, -0.2) is 0 Å². The molecule has 0 spiro atoms. The van der Waals surface area contributed by atoms with Crippen LogP contribution in [0, 0.1) is 0 Å². The van der Waals surface area contributed by atoms with Gasteiger partial charge in [-0.1, -0.05) is 134 Å². The molecule has 1 aromatic carbocycles. The summed E-state index contributed by atoms with van der Waals surface area (Å²) in [5.74, 6) is 0.0222. The lowest BCUT2D eigenvalue weighted by molar-refractivity contribution is -0.176. The van der Waals surface area contributed by atoms with Crippen LogP contribution in [0.2, 0.25) is 0 Å². The monoisotopic (exact) mass is 497 g/mol. The Hall–Kier alpha value is -1.35. The van der Waals surface area contributed by atoms with Gasteiger partial charge >= 0.3 is 5.97 Å². The fourth-order valence-electron chi connectivity index (χ4n) is 6.64. The van der Waals surface area contributed by atoms with Gasteiger partial charge in [0.2, 0.25) is 0 Å². The number of piperidine rings is 1. The van der Waals surface area contributed by atoms with Crippen molar-refractivity contribution in [2.24, 2.45) is 0 Å². The van der Waals surface area contributed by atoms with E-state index in [9.17, 15) is 4.79 Å². The molecule has 0 amide bonds. The van der Waals surface area contributed by atoms with Gasteiger partial charge in [-0.05, 0) is 44.1 Å². The third-order valence-electron chi connectivity index (χ3n) is 8.74. The lowest BCUT2D eigenvalue weighted by atomic mass is 9.74. The molecule has 1 aromatic rings. The summed E-state index contributed by atoms with van der Waals surface area (Å²) in [7, 11) is 0. The zero-order valence-corrected chi connectivity index (χ0v) is 23.5. The van der Waals surface area contributed by atoms with Crippen LogP contribution in [-0.4, -0.2) is 23.6 Å². The first-order chi connectivity index (χ1) is 17.8. The molecule has 2 fully saturated rings. The average molecular weight is 498 g/mol. The first-order valence-corrected chi connectivity index (χ1v) is 15.8. The van der Waals surface area contributed by atoms with Gasteiger partial charge in [0.15, 0.2) is 6.23 Å². The number of likely N-dealkylation sites (tertiary alicyclic amines) is 1. The molecule has 0 N–H and O–H groups in total. The van der Waals surface area contributed by atoms with Crippen LogP contribution in [-0.2, 0) is 15.1 Å². The molecular weight excluding hydrogens is 442 g/mol. The van der Waals surface area contributed by atoms with Crippen molar-refractivity contribution < 1.29 is 9.53 Å². The van der Waals surface area contributed by atoms with Crippen LogP contribution in [0.15, 0.2) is 30.3 Å². The predicted octanol–water partition coefficient (Wildman–Crippen LogP) is 9.68. The second-order valence-electron chi connectivity index (χ2n) is 11.6. The summed E-state index contributed by atoms with van der Waals surface area (Å²) >= 11 is 0. The van der Waals surface area contributed by atoms with Crippen LogP contribution in [0.1, 0.15) is 154 Å². The Morgan fingerprint density at radius 3 is 1.97 bits per heavy atom. The van der Waals surface area contributed by atoms with E-state index in [-0.39, 0.29) is 17.7 Å². The van der Waals surface area contributed by atoms with Gasteiger partial charge in [0.1, 0.15) is 0 Å². The SMILES string of the molecule is CCCCCCCCCCCCCCCC(=O)OC1CCCCN1C1(c2ccccc2)CCCCC1. The fraction of sp³-hybridized carbons (Fsp3) is 0.788. The van der Waals surface area contributed by atoms with E-state index >= 15 is 0 Å². The number of unbranched alkanes of at least 4 members (excludes halogenated alkanes) is 12. The molecule has 0 aromatic heterocycles. The third-order valence-corrected chi connectivity index (χ3v) is 8.74. The van der Waals surface area contributed by atoms with E-state index in [1.807, 2.05) is 0 Å². The molecule has 1 heterocycles. The van der Waals surface area contributed by atoms with Gasteiger partial charge in [-0.2, -0.15) is 0 Å². The second-order valence-corrected chi connectivity index (χ2v) is 11.6. The Labute approximate surface area is 222 Å². The minimum absolute atomic E-state index is 0.0222. The second kappa shape index (κ2) is 17.2. The van der Waals surface area contributed by atoms with Crippen molar-refractivity contribution in [3.63, 3.8) is 0 Å². The van der Waals surface area contributed by atoms with Crippen LogP contribution >= 0.6 is 0 Å². The van der Waals surface area contributed by atoms with E-state index in [0.717, 1.165) is 32.2 Å². The highest BCUT2D eigenvalue weighted by atomic mass is 16.6. The first kappa shape index (κ1) is 29.2. The minimum Gasteiger partial charge on any atom is -0.446 e. The maximum Gasteiger partial charge on any atom is 0.307 e. The molecule has 1 saturated heterocycles. The van der Waals surface area contributed by atoms with Gasteiger partial charge in [-0.3, -0.25) is 9.69 Å². The molecule has 1 atom stereocenters. The summed E-state index contributed by atoms with van der Waals surface area (Å²) in [6, 6.07) is 11.1. The van der Waals surface area contributed by atoms with E-state index in [2.05, 4.69) is 42.2 Å². The Morgan fingerprint density at radius 2 is 1.36 bits per heavy atom. The van der Waals surface area contributed by atoms with E-state index < -0.39 is 0 Å². The highest BCUT2D eigenvalue weighted by Crippen LogP contribution is 2.45. The highest BCUT2D eigenvalue weighted by Gasteiger charge is 2.44. The van der Waals surface area contributed by atoms with Crippen molar-refractivity contribution in [1.29, 1.82) is 0 Å². The van der Waals surface area contributed by atoms with E-state index in [1.165, 1.54) is 115 Å². The zero-order chi connectivity index (χ0) is 25.3. The summed E-state index contributed by atoms with van der Waals surface area (Å²) in [6.07, 6.45) is 27.4. The standard InChI is InChI=1S/C33H55NO2/c1-2-3-4-5-6-7-8-9-10-11-12-13-18-26-32(35)36-31-25-19-22-29-34(31)33(27-20-15-21-28-33)30-23-16-14-17-24-30/h14,16-17,23-24,31H,2-13,15,18-22,25-29H2,1H3. The van der Waals surface area contributed by atoms with Crippen molar-refractivity contribution in [2.45, 2.75) is 160 Å². The number of hydrogen-bond donors (Lipinski definition) is 0. The van der Waals surface area contributed by atoms with Crippen LogP contribution in [0.25, 0.3) is 0 Å². The maximum absolute atomic E-state index is 12.8. The number of nitrogens with zero attached hydrogens (tertiary/aromatic N) is 1. The topological polar surface area (TPSA) is 29.5 Å². The quantitative estimate of drug-likeness (QED) is 0.158. The molecule has 3 nitrogen and oxygen atoms in total. The van der Waals surface area contributed by atoms with E-state index in [0.29, 0.717) is 6.42 Å². The van der Waals surface area contributed by atoms with Crippen LogP contribution in [0.4, 0.5) is 0 Å². The smallest absolute Gasteiger partial charge is 0.307 e. The molecule has 3 rings (SSSR count). The molecule has 0 bridgehead atoms. The van der Waals surface area contributed by atoms with Crippen molar-refractivity contribution in [1.82, 2.24) is 4.90 Å². The Bertz CT molecular complexity index is 697. The van der Waals surface area contributed by atoms with Crippen LogP contribution in [0.5, 0.6) is 0 Å². The van der Waals surface area contributed by atoms with Gasteiger partial charge in [-0.15, -0.1) is 0 Å².